The fraction of sp³-hybridized carbons (Fsp3) is 0.111. The van der Waals surface area contributed by atoms with Crippen molar-refractivity contribution in [2.24, 2.45) is 0 Å². The van der Waals surface area contributed by atoms with Gasteiger partial charge in [-0.25, -0.2) is 8.78 Å². The molecule has 0 bridgehead atoms. The molecular formula is C9H4F2N2. The van der Waals surface area contributed by atoms with Gasteiger partial charge in [0, 0.05) is 5.56 Å². The molecule has 0 unspecified atom stereocenters. The minimum atomic E-state index is -2.72. The Morgan fingerprint density at radius 2 is 1.85 bits per heavy atom. The predicted molar refractivity (Wildman–Crippen MR) is 40.8 cm³/mol. The Labute approximate surface area is 73.6 Å². The van der Waals surface area contributed by atoms with Crippen LogP contribution < -0.4 is 0 Å². The second-order valence-electron chi connectivity index (χ2n) is 2.29. The molecule has 0 N–H and O–H groups in total. The topological polar surface area (TPSA) is 47.6 Å². The first kappa shape index (κ1) is 9.15. The van der Waals surface area contributed by atoms with Crippen LogP contribution in [0.4, 0.5) is 8.78 Å². The Hall–Kier alpha value is -1.94. The summed E-state index contributed by atoms with van der Waals surface area (Å²) in [6, 6.07) is 7.09. The summed E-state index contributed by atoms with van der Waals surface area (Å²) in [5.41, 5.74) is -0.637. The van der Waals surface area contributed by atoms with Crippen molar-refractivity contribution in [3.63, 3.8) is 0 Å². The van der Waals surface area contributed by atoms with E-state index >= 15 is 0 Å². The second-order valence-corrected chi connectivity index (χ2v) is 2.29. The van der Waals surface area contributed by atoms with Gasteiger partial charge in [0.05, 0.1) is 11.1 Å². The van der Waals surface area contributed by atoms with E-state index in [2.05, 4.69) is 0 Å². The van der Waals surface area contributed by atoms with Crippen LogP contribution in [0, 0.1) is 22.7 Å². The van der Waals surface area contributed by atoms with Gasteiger partial charge in [-0.2, -0.15) is 10.5 Å². The quantitative estimate of drug-likeness (QED) is 0.662. The van der Waals surface area contributed by atoms with Crippen LogP contribution in [-0.2, 0) is 0 Å². The molecule has 64 valence electrons. The molecule has 0 spiro atoms. The summed E-state index contributed by atoms with van der Waals surface area (Å²) in [4.78, 5) is 0. The fourth-order valence-corrected chi connectivity index (χ4v) is 0.970. The van der Waals surface area contributed by atoms with Gasteiger partial charge in [0.1, 0.15) is 12.1 Å². The maximum Gasteiger partial charge on any atom is 0.265 e. The van der Waals surface area contributed by atoms with Crippen LogP contribution in [-0.4, -0.2) is 0 Å². The maximum absolute atomic E-state index is 12.3. The lowest BCUT2D eigenvalue weighted by atomic mass is 10.0. The molecule has 1 rings (SSSR count). The van der Waals surface area contributed by atoms with Gasteiger partial charge in [-0.15, -0.1) is 0 Å². The van der Waals surface area contributed by atoms with E-state index in [1.165, 1.54) is 12.1 Å². The summed E-state index contributed by atoms with van der Waals surface area (Å²) in [6.45, 7) is 0. The highest BCUT2D eigenvalue weighted by atomic mass is 19.3. The fourth-order valence-electron chi connectivity index (χ4n) is 0.970. The van der Waals surface area contributed by atoms with Crippen LogP contribution in [0.3, 0.4) is 0 Å². The highest BCUT2D eigenvalue weighted by molar-refractivity contribution is 5.50. The molecule has 0 saturated heterocycles. The molecule has 0 aromatic heterocycles. The van der Waals surface area contributed by atoms with Gasteiger partial charge in [0.25, 0.3) is 6.43 Å². The first-order chi connectivity index (χ1) is 6.20. The lowest BCUT2D eigenvalue weighted by Crippen LogP contribution is -1.93. The van der Waals surface area contributed by atoms with E-state index in [-0.39, 0.29) is 16.7 Å². The first-order valence-corrected chi connectivity index (χ1v) is 3.42. The average molecular weight is 178 g/mol. The van der Waals surface area contributed by atoms with Crippen molar-refractivity contribution in [2.75, 3.05) is 0 Å². The minimum absolute atomic E-state index is 0.0136. The number of nitriles is 2. The van der Waals surface area contributed by atoms with Gasteiger partial charge in [-0.1, -0.05) is 12.1 Å². The van der Waals surface area contributed by atoms with E-state index in [4.69, 9.17) is 10.5 Å². The van der Waals surface area contributed by atoms with Crippen LogP contribution in [0.15, 0.2) is 18.2 Å². The summed E-state index contributed by atoms with van der Waals surface area (Å²) < 4.78 is 24.5. The third-order valence-electron chi connectivity index (χ3n) is 1.56. The van der Waals surface area contributed by atoms with Crippen LogP contribution in [0.2, 0.25) is 0 Å². The molecular weight excluding hydrogens is 174 g/mol. The Morgan fingerprint density at radius 3 is 2.31 bits per heavy atom. The molecule has 0 fully saturated rings. The van der Waals surface area contributed by atoms with E-state index in [1.807, 2.05) is 0 Å². The van der Waals surface area contributed by atoms with Gasteiger partial charge in [0.15, 0.2) is 0 Å². The largest absolute Gasteiger partial charge is 0.265 e. The van der Waals surface area contributed by atoms with Crippen LogP contribution in [0.5, 0.6) is 0 Å². The third-order valence-corrected chi connectivity index (χ3v) is 1.56. The highest BCUT2D eigenvalue weighted by Gasteiger charge is 2.15. The monoisotopic (exact) mass is 178 g/mol. The van der Waals surface area contributed by atoms with Crippen molar-refractivity contribution in [1.29, 1.82) is 10.5 Å². The van der Waals surface area contributed by atoms with Crippen molar-refractivity contribution in [1.82, 2.24) is 0 Å². The van der Waals surface area contributed by atoms with E-state index in [0.717, 1.165) is 6.07 Å². The zero-order valence-electron chi connectivity index (χ0n) is 6.46. The molecule has 0 amide bonds. The van der Waals surface area contributed by atoms with Crippen LogP contribution in [0.25, 0.3) is 0 Å². The summed E-state index contributed by atoms with van der Waals surface area (Å²) in [6.07, 6.45) is -2.72. The molecule has 1 aromatic carbocycles. The van der Waals surface area contributed by atoms with E-state index in [0.29, 0.717) is 0 Å². The first-order valence-electron chi connectivity index (χ1n) is 3.42. The molecule has 2 nitrogen and oxygen atoms in total. The summed E-state index contributed by atoms with van der Waals surface area (Å²) >= 11 is 0. The molecule has 0 aliphatic heterocycles. The maximum atomic E-state index is 12.3. The van der Waals surface area contributed by atoms with E-state index in [9.17, 15) is 8.78 Å². The van der Waals surface area contributed by atoms with E-state index < -0.39 is 6.43 Å². The number of alkyl halides is 2. The Morgan fingerprint density at radius 1 is 1.15 bits per heavy atom. The highest BCUT2D eigenvalue weighted by Crippen LogP contribution is 2.24. The number of rotatable bonds is 1. The standard InChI is InChI=1S/C9H4F2N2/c10-9(11)7-3-1-2-6(4-12)8(7)5-13/h1-3,9H. The van der Waals surface area contributed by atoms with E-state index in [1.54, 1.807) is 12.1 Å². The van der Waals surface area contributed by atoms with Crippen molar-refractivity contribution in [2.45, 2.75) is 6.43 Å². The Bertz CT molecular complexity index is 399. The Balaban J connectivity index is 3.40. The predicted octanol–water partition coefficient (Wildman–Crippen LogP) is 2.37. The zero-order chi connectivity index (χ0) is 9.84. The lowest BCUT2D eigenvalue weighted by molar-refractivity contribution is 0.151. The zero-order valence-corrected chi connectivity index (χ0v) is 6.46. The molecule has 4 heteroatoms. The van der Waals surface area contributed by atoms with Crippen molar-refractivity contribution in [3.8, 4) is 12.1 Å². The number of nitrogens with zero attached hydrogens (tertiary/aromatic N) is 2. The van der Waals surface area contributed by atoms with Crippen LogP contribution in [0.1, 0.15) is 23.1 Å². The SMILES string of the molecule is N#Cc1cccc(C(F)F)c1C#N. The average Bonchev–Trinajstić information content (AvgIpc) is 2.16. The van der Waals surface area contributed by atoms with Crippen molar-refractivity contribution in [3.05, 3.63) is 34.9 Å². The molecule has 0 radical (unpaired) electrons. The Kier molecular flexibility index (Phi) is 2.56. The molecule has 0 aliphatic rings. The molecule has 13 heavy (non-hydrogen) atoms. The summed E-state index contributed by atoms with van der Waals surface area (Å²) in [7, 11) is 0. The third kappa shape index (κ3) is 1.62. The smallest absolute Gasteiger partial charge is 0.205 e. The van der Waals surface area contributed by atoms with Gasteiger partial charge in [-0.3, -0.25) is 0 Å². The summed E-state index contributed by atoms with van der Waals surface area (Å²) in [5.74, 6) is 0. The van der Waals surface area contributed by atoms with Gasteiger partial charge < -0.3 is 0 Å². The molecule has 0 heterocycles. The van der Waals surface area contributed by atoms with Crippen LogP contribution >= 0.6 is 0 Å². The van der Waals surface area contributed by atoms with Gasteiger partial charge >= 0.3 is 0 Å². The number of hydrogen-bond donors (Lipinski definition) is 0. The normalized spacial score (nSPS) is 9.31. The lowest BCUT2D eigenvalue weighted by Gasteiger charge is -2.02. The number of benzene rings is 1. The molecule has 0 aliphatic carbocycles. The molecule has 1 aromatic rings. The van der Waals surface area contributed by atoms with Crippen molar-refractivity contribution >= 4 is 0 Å². The molecule has 0 saturated carbocycles. The number of halogens is 2. The molecule has 0 atom stereocenters. The number of hydrogen-bond acceptors (Lipinski definition) is 2. The van der Waals surface area contributed by atoms with Gasteiger partial charge in [-0.05, 0) is 6.07 Å². The van der Waals surface area contributed by atoms with Gasteiger partial charge in [0.2, 0.25) is 0 Å². The summed E-state index contributed by atoms with van der Waals surface area (Å²) in [5, 5.41) is 17.1. The minimum Gasteiger partial charge on any atom is -0.205 e. The second kappa shape index (κ2) is 3.64. The van der Waals surface area contributed by atoms with Crippen molar-refractivity contribution < 1.29 is 8.78 Å².